The van der Waals surface area contributed by atoms with E-state index in [1.807, 2.05) is 0 Å². The largest absolute Gasteiger partial charge is 0.381 e. The van der Waals surface area contributed by atoms with Gasteiger partial charge < -0.3 is 5.32 Å². The summed E-state index contributed by atoms with van der Waals surface area (Å²) in [6, 6.07) is 10.8. The van der Waals surface area contributed by atoms with E-state index in [1.165, 1.54) is 18.2 Å². The van der Waals surface area contributed by atoms with Gasteiger partial charge in [-0.25, -0.2) is 8.78 Å². The fraction of sp³-hybridized carbons (Fsp3) is 0.200. The van der Waals surface area contributed by atoms with Crippen LogP contribution in [-0.2, 0) is 6.54 Å². The summed E-state index contributed by atoms with van der Waals surface area (Å²) in [4.78, 5) is 10.3. The zero-order valence-corrected chi connectivity index (χ0v) is 11.3. The molecular weight excluding hydrogens is 278 g/mol. The molecule has 0 amide bonds. The first-order valence-electron chi connectivity index (χ1n) is 6.33. The monoisotopic (exact) mass is 292 g/mol. The number of alkyl halides is 2. The number of nitrogens with zero attached hydrogens (tertiary/aromatic N) is 1. The van der Waals surface area contributed by atoms with Crippen molar-refractivity contribution in [1.82, 2.24) is 0 Å². The third-order valence-corrected chi connectivity index (χ3v) is 3.12. The first-order valence-corrected chi connectivity index (χ1v) is 6.33. The van der Waals surface area contributed by atoms with E-state index in [0.29, 0.717) is 12.1 Å². The molecule has 0 atom stereocenters. The van der Waals surface area contributed by atoms with Crippen LogP contribution in [0.4, 0.5) is 20.2 Å². The number of nitro benzene ring substituents is 1. The molecule has 21 heavy (non-hydrogen) atoms. The van der Waals surface area contributed by atoms with Crippen LogP contribution in [0.2, 0.25) is 0 Å². The van der Waals surface area contributed by atoms with E-state index < -0.39 is 11.3 Å². The molecule has 0 saturated heterocycles. The number of hydrogen-bond acceptors (Lipinski definition) is 3. The van der Waals surface area contributed by atoms with Crippen LogP contribution >= 0.6 is 0 Å². The Morgan fingerprint density at radius 2 is 1.86 bits per heavy atom. The smallest absolute Gasteiger partial charge is 0.272 e. The lowest BCUT2D eigenvalue weighted by Crippen LogP contribution is -2.01. The molecule has 6 heteroatoms. The molecular formula is C15H14F2N2O2. The lowest BCUT2D eigenvalue weighted by Gasteiger charge is -2.08. The van der Waals surface area contributed by atoms with Crippen LogP contribution in [0.3, 0.4) is 0 Å². The summed E-state index contributed by atoms with van der Waals surface area (Å²) in [7, 11) is 0. The van der Waals surface area contributed by atoms with Crippen LogP contribution in [-0.4, -0.2) is 4.92 Å². The van der Waals surface area contributed by atoms with Crippen molar-refractivity contribution >= 4 is 11.4 Å². The van der Waals surface area contributed by atoms with Gasteiger partial charge in [-0.15, -0.1) is 0 Å². The number of halogens is 2. The van der Waals surface area contributed by atoms with E-state index in [-0.39, 0.29) is 11.3 Å². The minimum atomic E-state index is -2.47. The van der Waals surface area contributed by atoms with Gasteiger partial charge in [-0.1, -0.05) is 24.3 Å². The zero-order valence-electron chi connectivity index (χ0n) is 11.3. The third-order valence-electron chi connectivity index (χ3n) is 3.12. The van der Waals surface area contributed by atoms with Crippen molar-refractivity contribution in [3.05, 3.63) is 69.3 Å². The SMILES string of the molecule is Cc1cc(NCc2ccc(C(F)F)cc2)ccc1[N+](=O)[O-]. The number of anilines is 1. The normalized spacial score (nSPS) is 10.7. The Kier molecular flexibility index (Phi) is 4.47. The number of hydrogen-bond donors (Lipinski definition) is 1. The van der Waals surface area contributed by atoms with Gasteiger partial charge in [-0.05, 0) is 24.6 Å². The van der Waals surface area contributed by atoms with E-state index in [0.717, 1.165) is 11.3 Å². The van der Waals surface area contributed by atoms with Gasteiger partial charge in [0.25, 0.3) is 12.1 Å². The molecule has 0 unspecified atom stereocenters. The maximum absolute atomic E-state index is 12.4. The molecule has 0 heterocycles. The molecule has 110 valence electrons. The van der Waals surface area contributed by atoms with Gasteiger partial charge in [0.2, 0.25) is 0 Å². The second-order valence-corrected chi connectivity index (χ2v) is 4.65. The minimum Gasteiger partial charge on any atom is -0.381 e. The van der Waals surface area contributed by atoms with Crippen molar-refractivity contribution in [2.45, 2.75) is 19.9 Å². The minimum absolute atomic E-state index is 0.00932. The predicted molar refractivity (Wildman–Crippen MR) is 76.6 cm³/mol. The number of benzene rings is 2. The molecule has 2 rings (SSSR count). The van der Waals surface area contributed by atoms with Crippen molar-refractivity contribution in [1.29, 1.82) is 0 Å². The maximum Gasteiger partial charge on any atom is 0.272 e. The highest BCUT2D eigenvalue weighted by Gasteiger charge is 2.10. The summed E-state index contributed by atoms with van der Waals surface area (Å²) in [5, 5.41) is 13.8. The lowest BCUT2D eigenvalue weighted by molar-refractivity contribution is -0.385. The average molecular weight is 292 g/mol. The van der Waals surface area contributed by atoms with Gasteiger partial charge in [0.15, 0.2) is 0 Å². The Morgan fingerprint density at radius 1 is 1.19 bits per heavy atom. The Labute approximate surface area is 120 Å². The molecule has 2 aromatic rings. The van der Waals surface area contributed by atoms with E-state index in [1.54, 1.807) is 31.2 Å². The quantitative estimate of drug-likeness (QED) is 0.654. The molecule has 0 bridgehead atoms. The molecule has 1 N–H and O–H groups in total. The van der Waals surface area contributed by atoms with Gasteiger partial charge in [-0.3, -0.25) is 10.1 Å². The van der Waals surface area contributed by atoms with Crippen molar-refractivity contribution in [3.8, 4) is 0 Å². The molecule has 4 nitrogen and oxygen atoms in total. The summed E-state index contributed by atoms with van der Waals surface area (Å²) in [5.41, 5.74) is 2.23. The molecule has 0 aliphatic heterocycles. The van der Waals surface area contributed by atoms with Gasteiger partial charge >= 0.3 is 0 Å². The summed E-state index contributed by atoms with van der Waals surface area (Å²) < 4.78 is 24.9. The molecule has 2 aromatic carbocycles. The molecule has 0 radical (unpaired) electrons. The topological polar surface area (TPSA) is 55.2 Å². The third kappa shape index (κ3) is 3.75. The van der Waals surface area contributed by atoms with Gasteiger partial charge in [0.1, 0.15) is 0 Å². The Morgan fingerprint density at radius 3 is 2.38 bits per heavy atom. The van der Waals surface area contributed by atoms with Crippen molar-refractivity contribution < 1.29 is 13.7 Å². The zero-order chi connectivity index (χ0) is 15.4. The summed E-state index contributed by atoms with van der Waals surface area (Å²) >= 11 is 0. The molecule has 0 saturated carbocycles. The van der Waals surface area contributed by atoms with Crippen molar-refractivity contribution in [3.63, 3.8) is 0 Å². The Balaban J connectivity index is 2.03. The second-order valence-electron chi connectivity index (χ2n) is 4.65. The number of rotatable bonds is 5. The van der Waals surface area contributed by atoms with E-state index in [9.17, 15) is 18.9 Å². The highest BCUT2D eigenvalue weighted by Crippen LogP contribution is 2.22. The summed E-state index contributed by atoms with van der Waals surface area (Å²) in [6.45, 7) is 2.13. The maximum atomic E-state index is 12.4. The van der Waals surface area contributed by atoms with Crippen LogP contribution in [0.5, 0.6) is 0 Å². The van der Waals surface area contributed by atoms with Crippen LogP contribution < -0.4 is 5.32 Å². The second kappa shape index (κ2) is 6.30. The Bertz CT molecular complexity index is 643. The summed E-state index contributed by atoms with van der Waals surface area (Å²) in [6.07, 6.45) is -2.47. The molecule has 0 fully saturated rings. The molecule has 0 aromatic heterocycles. The number of nitrogens with one attached hydrogen (secondary N) is 1. The fourth-order valence-corrected chi connectivity index (χ4v) is 1.96. The van der Waals surface area contributed by atoms with E-state index in [2.05, 4.69) is 5.32 Å². The Hall–Kier alpha value is -2.50. The number of nitro groups is 1. The average Bonchev–Trinajstić information content (AvgIpc) is 2.45. The van der Waals surface area contributed by atoms with Crippen LogP contribution in [0.1, 0.15) is 23.1 Å². The highest BCUT2D eigenvalue weighted by atomic mass is 19.3. The van der Waals surface area contributed by atoms with E-state index >= 15 is 0 Å². The molecule has 0 aliphatic carbocycles. The molecule has 0 spiro atoms. The van der Waals surface area contributed by atoms with Gasteiger partial charge in [-0.2, -0.15) is 0 Å². The van der Waals surface area contributed by atoms with Crippen LogP contribution in [0.15, 0.2) is 42.5 Å². The first kappa shape index (κ1) is 14.9. The van der Waals surface area contributed by atoms with Crippen molar-refractivity contribution in [2.24, 2.45) is 0 Å². The van der Waals surface area contributed by atoms with Crippen molar-refractivity contribution in [2.75, 3.05) is 5.32 Å². The van der Waals surface area contributed by atoms with Crippen LogP contribution in [0.25, 0.3) is 0 Å². The predicted octanol–water partition coefficient (Wildman–Crippen LogP) is 4.45. The standard InChI is InChI=1S/C15H14F2N2O2/c1-10-8-13(6-7-14(10)19(20)21)18-9-11-2-4-12(5-3-11)15(16)17/h2-8,15,18H,9H2,1H3. The fourth-order valence-electron chi connectivity index (χ4n) is 1.96. The van der Waals surface area contributed by atoms with E-state index in [4.69, 9.17) is 0 Å². The first-order chi connectivity index (χ1) is 9.97. The summed E-state index contributed by atoms with van der Waals surface area (Å²) in [5.74, 6) is 0. The highest BCUT2D eigenvalue weighted by molar-refractivity contribution is 5.53. The van der Waals surface area contributed by atoms with Gasteiger partial charge in [0.05, 0.1) is 4.92 Å². The molecule has 0 aliphatic rings. The lowest BCUT2D eigenvalue weighted by atomic mass is 10.1. The number of aryl methyl sites for hydroxylation is 1. The van der Waals surface area contributed by atoms with Crippen LogP contribution in [0, 0.1) is 17.0 Å². The van der Waals surface area contributed by atoms with Gasteiger partial charge in [0, 0.05) is 29.4 Å².